The Balaban J connectivity index is 1.59. The van der Waals surface area contributed by atoms with Gasteiger partial charge in [-0.05, 0) is 37.4 Å². The van der Waals surface area contributed by atoms with Crippen LogP contribution < -0.4 is 4.74 Å². The number of hydrogen-bond donors (Lipinski definition) is 0. The summed E-state index contributed by atoms with van der Waals surface area (Å²) in [5.74, 6) is 1.02. The zero-order valence-corrected chi connectivity index (χ0v) is 16.8. The molecule has 0 saturated heterocycles. The van der Waals surface area contributed by atoms with Crippen LogP contribution in [0.4, 0.5) is 0 Å². The van der Waals surface area contributed by atoms with Gasteiger partial charge < -0.3 is 13.9 Å². The third kappa shape index (κ3) is 4.07. The maximum atomic E-state index is 12.3. The number of carbonyl (C=O) groups is 1. The number of oxazole rings is 1. The summed E-state index contributed by atoms with van der Waals surface area (Å²) in [7, 11) is 0. The lowest BCUT2D eigenvalue weighted by Gasteiger charge is -2.04. The van der Waals surface area contributed by atoms with Crippen LogP contribution in [0.5, 0.6) is 5.75 Å². The molecule has 0 radical (unpaired) electrons. The number of rotatable bonds is 7. The molecule has 0 N–H and O–H groups in total. The largest absolute Gasteiger partial charge is 0.483 e. The molecule has 0 spiro atoms. The second-order valence-corrected chi connectivity index (χ2v) is 7.08. The van der Waals surface area contributed by atoms with Crippen molar-refractivity contribution in [1.82, 2.24) is 14.8 Å². The second kappa shape index (κ2) is 8.32. The summed E-state index contributed by atoms with van der Waals surface area (Å²) in [6, 6.07) is 13.4. The monoisotopic (exact) mass is 409 g/mol. The van der Waals surface area contributed by atoms with Crippen LogP contribution in [-0.4, -0.2) is 27.3 Å². The van der Waals surface area contributed by atoms with Gasteiger partial charge in [-0.3, -0.25) is 0 Å². The van der Waals surface area contributed by atoms with Gasteiger partial charge in [0, 0.05) is 0 Å². The lowest BCUT2D eigenvalue weighted by atomic mass is 10.3. The average molecular weight is 409 g/mol. The Kier molecular flexibility index (Phi) is 5.44. The van der Waals surface area contributed by atoms with Gasteiger partial charge >= 0.3 is 5.97 Å². The SMILES string of the molecule is CCOC(=O)c1nn(-c2ccccc2)cc1OCc1nc(-c2cccs2)oc1C. The summed E-state index contributed by atoms with van der Waals surface area (Å²) < 4.78 is 18.4. The number of ether oxygens (including phenoxy) is 2. The summed E-state index contributed by atoms with van der Waals surface area (Å²) >= 11 is 1.55. The van der Waals surface area contributed by atoms with Crippen molar-refractivity contribution in [2.24, 2.45) is 0 Å². The molecule has 0 atom stereocenters. The molecule has 0 aliphatic carbocycles. The van der Waals surface area contributed by atoms with Gasteiger partial charge in [0.05, 0.1) is 23.4 Å². The van der Waals surface area contributed by atoms with Crippen LogP contribution in [0.15, 0.2) is 58.5 Å². The van der Waals surface area contributed by atoms with E-state index >= 15 is 0 Å². The van der Waals surface area contributed by atoms with Crippen molar-refractivity contribution in [3.8, 4) is 22.2 Å². The third-order valence-electron chi connectivity index (χ3n) is 4.16. The predicted octanol–water partition coefficient (Wildman–Crippen LogP) is 4.65. The number of nitrogens with zero attached hydrogens (tertiary/aromatic N) is 3. The van der Waals surface area contributed by atoms with Gasteiger partial charge in [0.1, 0.15) is 18.1 Å². The predicted molar refractivity (Wildman–Crippen MR) is 108 cm³/mol. The number of para-hydroxylation sites is 1. The number of hydrogen-bond acceptors (Lipinski definition) is 7. The molecule has 0 bridgehead atoms. The fourth-order valence-corrected chi connectivity index (χ4v) is 3.38. The van der Waals surface area contributed by atoms with Crippen LogP contribution in [0.25, 0.3) is 16.5 Å². The molecule has 0 unspecified atom stereocenters. The smallest absolute Gasteiger partial charge is 0.362 e. The van der Waals surface area contributed by atoms with E-state index in [-0.39, 0.29) is 18.9 Å². The van der Waals surface area contributed by atoms with Crippen molar-refractivity contribution in [2.75, 3.05) is 6.61 Å². The van der Waals surface area contributed by atoms with E-state index in [2.05, 4.69) is 10.1 Å². The Morgan fingerprint density at radius 1 is 1.21 bits per heavy atom. The highest BCUT2D eigenvalue weighted by Gasteiger charge is 2.21. The van der Waals surface area contributed by atoms with Gasteiger partial charge in [-0.2, -0.15) is 5.10 Å². The molecule has 148 valence electrons. The third-order valence-corrected chi connectivity index (χ3v) is 5.02. The minimum atomic E-state index is -0.534. The molecule has 7 nitrogen and oxygen atoms in total. The first-order valence-corrected chi connectivity index (χ1v) is 9.99. The second-order valence-electron chi connectivity index (χ2n) is 6.13. The van der Waals surface area contributed by atoms with Gasteiger partial charge in [0.25, 0.3) is 0 Å². The number of thiophene rings is 1. The molecule has 4 rings (SSSR count). The first-order valence-electron chi connectivity index (χ1n) is 9.11. The molecule has 0 fully saturated rings. The maximum absolute atomic E-state index is 12.3. The van der Waals surface area contributed by atoms with Crippen molar-refractivity contribution in [1.29, 1.82) is 0 Å². The fraction of sp³-hybridized carbons (Fsp3) is 0.190. The van der Waals surface area contributed by atoms with Crippen molar-refractivity contribution >= 4 is 17.3 Å². The number of esters is 1. The normalized spacial score (nSPS) is 10.8. The highest BCUT2D eigenvalue weighted by atomic mass is 32.1. The molecule has 3 aromatic heterocycles. The van der Waals surface area contributed by atoms with Gasteiger partial charge in [0.2, 0.25) is 11.6 Å². The average Bonchev–Trinajstić information content (AvgIpc) is 3.47. The Hall–Kier alpha value is -3.39. The van der Waals surface area contributed by atoms with Crippen LogP contribution in [-0.2, 0) is 11.3 Å². The summed E-state index contributed by atoms with van der Waals surface area (Å²) in [4.78, 5) is 17.8. The zero-order valence-electron chi connectivity index (χ0n) is 16.0. The van der Waals surface area contributed by atoms with E-state index in [1.807, 2.05) is 54.8 Å². The van der Waals surface area contributed by atoms with E-state index in [0.29, 0.717) is 23.1 Å². The maximum Gasteiger partial charge on any atom is 0.362 e. The first-order chi connectivity index (χ1) is 14.2. The summed E-state index contributed by atoms with van der Waals surface area (Å²) in [5, 5.41) is 6.32. The lowest BCUT2D eigenvalue weighted by Crippen LogP contribution is -2.08. The molecule has 1 aromatic carbocycles. The fourth-order valence-electron chi connectivity index (χ4n) is 2.73. The molecule has 3 heterocycles. The molecule has 4 aromatic rings. The lowest BCUT2D eigenvalue weighted by molar-refractivity contribution is 0.0514. The molecule has 0 amide bonds. The van der Waals surface area contributed by atoms with E-state index in [4.69, 9.17) is 13.9 Å². The number of carbonyl (C=O) groups excluding carboxylic acids is 1. The Bertz CT molecular complexity index is 1100. The molecule has 8 heteroatoms. The molecular formula is C21H19N3O4S. The number of aryl methyl sites for hydroxylation is 1. The van der Waals surface area contributed by atoms with E-state index in [1.165, 1.54) is 0 Å². The quantitative estimate of drug-likeness (QED) is 0.413. The molecule has 0 saturated carbocycles. The van der Waals surface area contributed by atoms with E-state index in [9.17, 15) is 4.79 Å². The van der Waals surface area contributed by atoms with Gasteiger partial charge in [0.15, 0.2) is 5.75 Å². The first kappa shape index (κ1) is 18.9. The number of aromatic nitrogens is 3. The number of benzene rings is 1. The zero-order chi connectivity index (χ0) is 20.2. The Morgan fingerprint density at radius 2 is 2.03 bits per heavy atom. The topological polar surface area (TPSA) is 79.4 Å². The van der Waals surface area contributed by atoms with Crippen molar-refractivity contribution < 1.29 is 18.7 Å². The van der Waals surface area contributed by atoms with E-state index in [1.54, 1.807) is 29.1 Å². The van der Waals surface area contributed by atoms with Crippen molar-refractivity contribution in [2.45, 2.75) is 20.5 Å². The van der Waals surface area contributed by atoms with Crippen LogP contribution in [0.2, 0.25) is 0 Å². The van der Waals surface area contributed by atoms with Crippen molar-refractivity contribution in [3.05, 3.63) is 71.2 Å². The van der Waals surface area contributed by atoms with Gasteiger partial charge in [-0.25, -0.2) is 14.5 Å². The molecule has 0 aliphatic heterocycles. The summed E-state index contributed by atoms with van der Waals surface area (Å²) in [6.07, 6.45) is 1.66. The highest BCUT2D eigenvalue weighted by molar-refractivity contribution is 7.13. The van der Waals surface area contributed by atoms with E-state index in [0.717, 1.165) is 10.6 Å². The summed E-state index contributed by atoms with van der Waals surface area (Å²) in [5.41, 5.74) is 1.59. The Morgan fingerprint density at radius 3 is 2.76 bits per heavy atom. The van der Waals surface area contributed by atoms with Crippen LogP contribution in [0.3, 0.4) is 0 Å². The highest BCUT2D eigenvalue weighted by Crippen LogP contribution is 2.27. The molecule has 0 aliphatic rings. The summed E-state index contributed by atoms with van der Waals surface area (Å²) in [6.45, 7) is 3.98. The van der Waals surface area contributed by atoms with Crippen LogP contribution in [0, 0.1) is 6.92 Å². The molecular weight excluding hydrogens is 390 g/mol. The van der Waals surface area contributed by atoms with Crippen molar-refractivity contribution in [3.63, 3.8) is 0 Å². The van der Waals surface area contributed by atoms with Crippen LogP contribution >= 0.6 is 11.3 Å². The Labute approximate surface area is 171 Å². The standard InChI is InChI=1S/C21H19N3O4S/c1-3-26-21(25)19-17(12-24(23-19)15-8-5-4-6-9-15)27-13-16-14(2)28-20(22-16)18-10-7-11-29-18/h4-12H,3,13H2,1-2H3. The van der Waals surface area contributed by atoms with Gasteiger partial charge in [-0.15, -0.1) is 11.3 Å². The van der Waals surface area contributed by atoms with Crippen LogP contribution in [0.1, 0.15) is 28.9 Å². The van der Waals surface area contributed by atoms with Gasteiger partial charge in [-0.1, -0.05) is 24.3 Å². The minimum Gasteiger partial charge on any atom is -0.483 e. The van der Waals surface area contributed by atoms with E-state index < -0.39 is 5.97 Å². The minimum absolute atomic E-state index is 0.121. The molecule has 29 heavy (non-hydrogen) atoms.